The molecule has 138 valence electrons. The molecule has 2 aliphatic rings. The zero-order valence-corrected chi connectivity index (χ0v) is 16.0. The lowest BCUT2D eigenvalue weighted by molar-refractivity contribution is -0.129. The van der Waals surface area contributed by atoms with Gasteiger partial charge in [0.05, 0.1) is 0 Å². The third-order valence-corrected chi connectivity index (χ3v) is 7.11. The molecular weight excluding hydrogens is 314 g/mol. The first-order chi connectivity index (χ1) is 11.8. The van der Waals surface area contributed by atoms with Crippen LogP contribution in [-0.4, -0.2) is 44.0 Å². The van der Waals surface area contributed by atoms with Crippen LogP contribution in [0, 0.1) is 16.7 Å². The first-order valence-corrected chi connectivity index (χ1v) is 9.56. The monoisotopic (exact) mass is 345 g/mol. The number of hydrogen-bond donors (Lipinski definition) is 1. The molecular formula is C19H31N5O. The summed E-state index contributed by atoms with van der Waals surface area (Å²) in [6.45, 7) is 10.1. The Hall–Kier alpha value is -1.72. The number of allylic oxidation sites excluding steroid dienone is 1. The molecule has 3 atom stereocenters. The molecule has 1 amide bonds. The molecule has 2 fully saturated rings. The van der Waals surface area contributed by atoms with Crippen molar-refractivity contribution in [1.29, 1.82) is 0 Å². The van der Waals surface area contributed by atoms with Crippen LogP contribution in [-0.2, 0) is 11.2 Å². The Kier molecular flexibility index (Phi) is 4.98. The summed E-state index contributed by atoms with van der Waals surface area (Å²) in [5, 5.41) is 14.2. The highest BCUT2D eigenvalue weighted by atomic mass is 16.2. The molecule has 25 heavy (non-hydrogen) atoms. The molecule has 0 aromatic carbocycles. The van der Waals surface area contributed by atoms with E-state index in [4.69, 9.17) is 0 Å². The zero-order valence-electron chi connectivity index (χ0n) is 16.0. The average molecular weight is 345 g/mol. The first kappa shape index (κ1) is 18.1. The Morgan fingerprint density at radius 2 is 2.12 bits per heavy atom. The van der Waals surface area contributed by atoms with E-state index in [1.54, 1.807) is 0 Å². The van der Waals surface area contributed by atoms with E-state index in [0.29, 0.717) is 18.2 Å². The van der Waals surface area contributed by atoms with Gasteiger partial charge in [-0.15, -0.1) is 10.2 Å². The predicted molar refractivity (Wildman–Crippen MR) is 96.7 cm³/mol. The minimum Gasteiger partial charge on any atom is -0.336 e. The van der Waals surface area contributed by atoms with Crippen LogP contribution < -0.4 is 0 Å². The van der Waals surface area contributed by atoms with Gasteiger partial charge in [0.15, 0.2) is 5.82 Å². The second-order valence-electron chi connectivity index (χ2n) is 8.63. The Labute approximate surface area is 150 Å². The number of piperidine rings is 1. The van der Waals surface area contributed by atoms with E-state index in [0.717, 1.165) is 32.2 Å². The maximum atomic E-state index is 12.9. The minimum atomic E-state index is 0.0844. The molecule has 3 unspecified atom stereocenters. The van der Waals surface area contributed by atoms with Gasteiger partial charge in [-0.1, -0.05) is 39.0 Å². The molecule has 3 rings (SSSR count). The van der Waals surface area contributed by atoms with Crippen molar-refractivity contribution in [2.45, 2.75) is 72.3 Å². The van der Waals surface area contributed by atoms with Gasteiger partial charge in [0.25, 0.3) is 0 Å². The van der Waals surface area contributed by atoms with E-state index in [9.17, 15) is 4.79 Å². The average Bonchev–Trinajstić information content (AvgIpc) is 3.16. The van der Waals surface area contributed by atoms with Crippen molar-refractivity contribution in [2.24, 2.45) is 16.7 Å². The number of H-pyrrole nitrogens is 1. The largest absolute Gasteiger partial charge is 0.336 e. The zero-order chi connectivity index (χ0) is 18.1. The standard InChI is InChI=1S/C19H31N5O/c1-14-8-10-19(4,18(14,2)3)11-9-17(25)24-12-6-5-7-15(24)13-16-20-22-23-21-16/h9,11,14-15H,5-8,10,12-13H2,1-4H3,(H,20,21,22,23)/b11-9+. The van der Waals surface area contributed by atoms with E-state index in [1.165, 1.54) is 6.42 Å². The summed E-state index contributed by atoms with van der Waals surface area (Å²) in [6.07, 6.45) is 10.3. The van der Waals surface area contributed by atoms with Gasteiger partial charge in [-0.05, 0) is 54.9 Å². The summed E-state index contributed by atoms with van der Waals surface area (Å²) >= 11 is 0. The third-order valence-electron chi connectivity index (χ3n) is 7.11. The number of nitrogens with zero attached hydrogens (tertiary/aromatic N) is 4. The molecule has 1 aliphatic carbocycles. The Balaban J connectivity index is 1.70. The molecule has 1 aliphatic heterocycles. The highest BCUT2D eigenvalue weighted by Crippen LogP contribution is 2.56. The summed E-state index contributed by atoms with van der Waals surface area (Å²) in [6, 6.07) is 0.173. The lowest BCUT2D eigenvalue weighted by Crippen LogP contribution is -2.44. The maximum Gasteiger partial charge on any atom is 0.246 e. The van der Waals surface area contributed by atoms with E-state index >= 15 is 0 Å². The smallest absolute Gasteiger partial charge is 0.246 e. The van der Waals surface area contributed by atoms with Gasteiger partial charge in [-0.3, -0.25) is 4.79 Å². The van der Waals surface area contributed by atoms with Gasteiger partial charge < -0.3 is 4.90 Å². The van der Waals surface area contributed by atoms with Crippen molar-refractivity contribution >= 4 is 5.91 Å². The van der Waals surface area contributed by atoms with Crippen LogP contribution in [0.4, 0.5) is 0 Å². The lowest BCUT2D eigenvalue weighted by Gasteiger charge is -2.39. The quantitative estimate of drug-likeness (QED) is 0.851. The SMILES string of the molecule is CC1CCC(C)(/C=C/C(=O)N2CCCCC2Cc2nn[nH]n2)C1(C)C. The number of rotatable bonds is 4. The molecule has 2 heterocycles. The number of carbonyl (C=O) groups is 1. The lowest BCUT2D eigenvalue weighted by atomic mass is 9.66. The Morgan fingerprint density at radius 1 is 1.32 bits per heavy atom. The summed E-state index contributed by atoms with van der Waals surface area (Å²) < 4.78 is 0. The van der Waals surface area contributed by atoms with E-state index in [2.05, 4.69) is 54.4 Å². The third kappa shape index (κ3) is 3.48. The van der Waals surface area contributed by atoms with Crippen molar-refractivity contribution in [3.8, 4) is 0 Å². The highest BCUT2D eigenvalue weighted by Gasteiger charge is 2.47. The molecule has 1 N–H and O–H groups in total. The predicted octanol–water partition coefficient (Wildman–Crippen LogP) is 3.14. The van der Waals surface area contributed by atoms with Crippen LogP contribution in [0.5, 0.6) is 0 Å². The van der Waals surface area contributed by atoms with Crippen molar-refractivity contribution in [2.75, 3.05) is 6.54 Å². The molecule has 1 saturated carbocycles. The number of carbonyl (C=O) groups excluding carboxylic acids is 1. The van der Waals surface area contributed by atoms with Crippen LogP contribution in [0.3, 0.4) is 0 Å². The molecule has 1 aromatic rings. The van der Waals surface area contributed by atoms with Gasteiger partial charge in [-0.25, -0.2) is 0 Å². The summed E-state index contributed by atoms with van der Waals surface area (Å²) in [5.41, 5.74) is 0.302. The van der Waals surface area contributed by atoms with Crippen LogP contribution in [0.2, 0.25) is 0 Å². The number of aromatic amines is 1. The molecule has 0 radical (unpaired) electrons. The van der Waals surface area contributed by atoms with Crippen molar-refractivity contribution in [3.63, 3.8) is 0 Å². The second-order valence-corrected chi connectivity index (χ2v) is 8.63. The molecule has 1 aromatic heterocycles. The number of hydrogen-bond acceptors (Lipinski definition) is 4. The Bertz CT molecular complexity index is 624. The highest BCUT2D eigenvalue weighted by molar-refractivity contribution is 5.88. The number of likely N-dealkylation sites (tertiary alicyclic amines) is 1. The Morgan fingerprint density at radius 3 is 2.76 bits per heavy atom. The van der Waals surface area contributed by atoms with E-state index < -0.39 is 0 Å². The molecule has 6 nitrogen and oxygen atoms in total. The van der Waals surface area contributed by atoms with Crippen LogP contribution >= 0.6 is 0 Å². The summed E-state index contributed by atoms with van der Waals surface area (Å²) in [5.74, 6) is 1.49. The van der Waals surface area contributed by atoms with Gasteiger partial charge >= 0.3 is 0 Å². The van der Waals surface area contributed by atoms with E-state index in [1.807, 2.05) is 11.0 Å². The fourth-order valence-electron chi connectivity index (χ4n) is 4.39. The molecule has 1 saturated heterocycles. The second kappa shape index (κ2) is 6.89. The number of amides is 1. The van der Waals surface area contributed by atoms with Gasteiger partial charge in [0.2, 0.25) is 5.91 Å². The topological polar surface area (TPSA) is 74.8 Å². The maximum absolute atomic E-state index is 12.9. The summed E-state index contributed by atoms with van der Waals surface area (Å²) in [7, 11) is 0. The van der Waals surface area contributed by atoms with Crippen molar-refractivity contribution in [3.05, 3.63) is 18.0 Å². The number of tetrazole rings is 1. The molecule has 0 bridgehead atoms. The van der Waals surface area contributed by atoms with Crippen molar-refractivity contribution < 1.29 is 4.79 Å². The van der Waals surface area contributed by atoms with Crippen LogP contribution in [0.15, 0.2) is 12.2 Å². The van der Waals surface area contributed by atoms with Crippen LogP contribution in [0.25, 0.3) is 0 Å². The van der Waals surface area contributed by atoms with Gasteiger partial charge in [0, 0.05) is 19.0 Å². The molecule has 6 heteroatoms. The minimum absolute atomic E-state index is 0.0844. The summed E-state index contributed by atoms with van der Waals surface area (Å²) in [4.78, 5) is 14.9. The fraction of sp³-hybridized carbons (Fsp3) is 0.789. The van der Waals surface area contributed by atoms with Crippen molar-refractivity contribution in [1.82, 2.24) is 25.5 Å². The normalized spacial score (nSPS) is 32.4. The fourth-order valence-corrected chi connectivity index (χ4v) is 4.39. The van der Waals surface area contributed by atoms with Gasteiger partial charge in [0.1, 0.15) is 0 Å². The number of nitrogens with one attached hydrogen (secondary N) is 1. The van der Waals surface area contributed by atoms with Crippen LogP contribution in [0.1, 0.15) is 65.6 Å². The van der Waals surface area contributed by atoms with E-state index in [-0.39, 0.29) is 22.8 Å². The first-order valence-electron chi connectivity index (χ1n) is 9.56. The molecule has 0 spiro atoms. The van der Waals surface area contributed by atoms with Gasteiger partial charge in [-0.2, -0.15) is 5.21 Å². The number of aromatic nitrogens is 4.